The van der Waals surface area contributed by atoms with Crippen LogP contribution in [0.3, 0.4) is 0 Å². The van der Waals surface area contributed by atoms with E-state index in [0.29, 0.717) is 12.5 Å². The molecule has 5 rings (SSSR count). The van der Waals surface area contributed by atoms with Crippen molar-refractivity contribution in [1.82, 2.24) is 20.6 Å². The number of carboxylic acid groups (broad SMARTS) is 1. The van der Waals surface area contributed by atoms with Gasteiger partial charge in [-0.25, -0.2) is 9.97 Å². The first kappa shape index (κ1) is 41.7. The highest BCUT2D eigenvalue weighted by molar-refractivity contribution is 7.86. The molecule has 15 heteroatoms. The zero-order valence-corrected chi connectivity index (χ0v) is 32.3. The van der Waals surface area contributed by atoms with Crippen LogP contribution in [0, 0.1) is 5.41 Å². The quantitative estimate of drug-likeness (QED) is 0.0265. The van der Waals surface area contributed by atoms with Crippen LogP contribution in [-0.2, 0) is 19.7 Å². The molecule has 1 atom stereocenters. The number of ether oxygens (including phenoxy) is 1. The first-order valence-electron chi connectivity index (χ1n) is 18.2. The molecule has 0 aliphatic rings. The molecular formula is C42H44N6O8S. The van der Waals surface area contributed by atoms with Gasteiger partial charge in [0.15, 0.2) is 0 Å². The van der Waals surface area contributed by atoms with E-state index in [1.54, 1.807) is 6.07 Å². The van der Waals surface area contributed by atoms with Gasteiger partial charge in [0.25, 0.3) is 16.0 Å². The maximum atomic E-state index is 13.1. The van der Waals surface area contributed by atoms with Crippen molar-refractivity contribution in [2.45, 2.75) is 50.5 Å². The van der Waals surface area contributed by atoms with E-state index in [1.807, 2.05) is 80.6 Å². The number of unbranched alkanes of at least 4 members (excludes halogenated alkanes) is 1. The number of anilines is 1. The Morgan fingerprint density at radius 1 is 0.877 bits per heavy atom. The molecule has 1 unspecified atom stereocenters. The highest BCUT2D eigenvalue weighted by atomic mass is 32.2. The van der Waals surface area contributed by atoms with Gasteiger partial charge in [0.1, 0.15) is 16.8 Å². The summed E-state index contributed by atoms with van der Waals surface area (Å²) in [6, 6.07) is 31.1. The number of aromatic nitrogens is 2. The molecule has 0 saturated heterocycles. The summed E-state index contributed by atoms with van der Waals surface area (Å²) in [4.78, 5) is 46.3. The Balaban J connectivity index is 1.10. The molecule has 0 spiro atoms. The number of carbonyl (C=O) groups excluding carboxylic acids is 2. The number of nitrogens with zero attached hydrogens (tertiary/aromatic N) is 3. The second-order valence-electron chi connectivity index (χ2n) is 13.9. The van der Waals surface area contributed by atoms with Crippen LogP contribution >= 0.6 is 0 Å². The van der Waals surface area contributed by atoms with Crippen molar-refractivity contribution < 1.29 is 37.2 Å². The van der Waals surface area contributed by atoms with Crippen LogP contribution in [0.4, 0.5) is 5.82 Å². The molecule has 2 amide bonds. The van der Waals surface area contributed by atoms with Crippen molar-refractivity contribution >= 4 is 39.9 Å². The minimum atomic E-state index is -4.46. The number of carboxylic acids is 1. The standard InChI is InChI=1S/C42H44N6O8S/c1-42(2,21-11-12-22-56-38-24-33(29-13-5-3-6-14-29)23-34(46-38)30-15-7-4-8-16-30)28-44-41(52)35(25-39(49)50)47-40(51)32-19-20-37(43-26-32)48-45-27-31-17-9-10-18-36(31)57(53,54)55/h3-10,13-20,23-24,26-27,35H,11-12,21-22,25,28H2,1-2H3,(H,43,48)(H,44,52)(H,47,51)(H,49,50)(H,53,54,55)/b45-27+. The number of amides is 2. The number of aliphatic carboxylic acids is 1. The van der Waals surface area contributed by atoms with Crippen molar-refractivity contribution in [3.63, 3.8) is 0 Å². The lowest BCUT2D eigenvalue weighted by Gasteiger charge is -2.26. The molecule has 2 aromatic heterocycles. The molecule has 3 aromatic carbocycles. The van der Waals surface area contributed by atoms with Crippen LogP contribution in [0.5, 0.6) is 5.88 Å². The molecule has 0 aliphatic carbocycles. The molecular weight excluding hydrogens is 749 g/mol. The largest absolute Gasteiger partial charge is 0.481 e. The van der Waals surface area contributed by atoms with E-state index >= 15 is 0 Å². The summed E-state index contributed by atoms with van der Waals surface area (Å²) in [7, 11) is -4.46. The summed E-state index contributed by atoms with van der Waals surface area (Å²) in [6.45, 7) is 4.68. The summed E-state index contributed by atoms with van der Waals surface area (Å²) in [5.74, 6) is -1.87. The van der Waals surface area contributed by atoms with E-state index in [2.05, 4.69) is 32.2 Å². The van der Waals surface area contributed by atoms with E-state index < -0.39 is 40.4 Å². The number of carbonyl (C=O) groups is 3. The molecule has 14 nitrogen and oxygen atoms in total. The predicted octanol–water partition coefficient (Wildman–Crippen LogP) is 6.47. The SMILES string of the molecule is CC(C)(CCCCOc1cc(-c2ccccc2)cc(-c2ccccc2)n1)CNC(=O)C(CC(=O)O)NC(=O)c1ccc(N/N=C/c2ccccc2S(=O)(=O)O)nc1. The number of hydrogen-bond acceptors (Lipinski definition) is 10. The van der Waals surface area contributed by atoms with Crippen LogP contribution in [0.1, 0.15) is 55.5 Å². The molecule has 2 heterocycles. The average Bonchev–Trinajstić information content (AvgIpc) is 3.20. The first-order valence-corrected chi connectivity index (χ1v) is 19.6. The third-order valence-corrected chi connectivity index (χ3v) is 9.75. The second kappa shape index (κ2) is 19.4. The predicted molar refractivity (Wildman–Crippen MR) is 216 cm³/mol. The fourth-order valence-electron chi connectivity index (χ4n) is 5.76. The van der Waals surface area contributed by atoms with Gasteiger partial charge in [0.05, 0.1) is 30.5 Å². The smallest absolute Gasteiger partial charge is 0.305 e. The number of nitrogens with one attached hydrogen (secondary N) is 3. The molecule has 5 aromatic rings. The molecule has 0 saturated carbocycles. The van der Waals surface area contributed by atoms with E-state index in [0.717, 1.165) is 41.6 Å². The van der Waals surface area contributed by atoms with Crippen LogP contribution in [0.25, 0.3) is 22.4 Å². The van der Waals surface area contributed by atoms with Gasteiger partial charge in [-0.1, -0.05) is 92.7 Å². The molecule has 0 fully saturated rings. The molecule has 296 valence electrons. The Morgan fingerprint density at radius 2 is 1.56 bits per heavy atom. The van der Waals surface area contributed by atoms with Gasteiger partial charge < -0.3 is 20.5 Å². The van der Waals surface area contributed by atoms with Gasteiger partial charge in [0.2, 0.25) is 11.8 Å². The highest BCUT2D eigenvalue weighted by Crippen LogP contribution is 2.29. The fourth-order valence-corrected chi connectivity index (χ4v) is 6.43. The van der Waals surface area contributed by atoms with E-state index in [4.69, 9.17) is 9.72 Å². The summed E-state index contributed by atoms with van der Waals surface area (Å²) < 4.78 is 38.7. The lowest BCUT2D eigenvalue weighted by atomic mass is 9.87. The number of hydrogen-bond donors (Lipinski definition) is 5. The molecule has 0 aliphatic heterocycles. The van der Waals surface area contributed by atoms with E-state index in [9.17, 15) is 32.5 Å². The normalized spacial score (nSPS) is 12.1. The van der Waals surface area contributed by atoms with Gasteiger partial charge in [0, 0.05) is 29.9 Å². The average molecular weight is 793 g/mol. The lowest BCUT2D eigenvalue weighted by molar-refractivity contribution is -0.139. The fraction of sp³-hybridized carbons (Fsp3) is 0.238. The maximum absolute atomic E-state index is 13.1. The highest BCUT2D eigenvalue weighted by Gasteiger charge is 2.27. The Hall–Kier alpha value is -6.45. The zero-order valence-electron chi connectivity index (χ0n) is 31.5. The zero-order chi connectivity index (χ0) is 40.8. The maximum Gasteiger partial charge on any atom is 0.305 e. The van der Waals surface area contributed by atoms with Crippen molar-refractivity contribution in [2.75, 3.05) is 18.6 Å². The summed E-state index contributed by atoms with van der Waals surface area (Å²) in [5, 5.41) is 18.7. The second-order valence-corrected chi connectivity index (χ2v) is 15.3. The summed E-state index contributed by atoms with van der Waals surface area (Å²) in [5.41, 5.74) is 6.32. The minimum Gasteiger partial charge on any atom is -0.481 e. The first-order chi connectivity index (χ1) is 27.3. The number of hydrazone groups is 1. The van der Waals surface area contributed by atoms with Crippen molar-refractivity contribution in [2.24, 2.45) is 10.5 Å². The van der Waals surface area contributed by atoms with Crippen LogP contribution in [0.15, 0.2) is 125 Å². The van der Waals surface area contributed by atoms with Gasteiger partial charge in [-0.05, 0) is 60.1 Å². The molecule has 5 N–H and O–H groups in total. The van der Waals surface area contributed by atoms with E-state index in [-0.39, 0.29) is 33.8 Å². The van der Waals surface area contributed by atoms with E-state index in [1.165, 1.54) is 42.7 Å². The van der Waals surface area contributed by atoms with Crippen LogP contribution in [0.2, 0.25) is 0 Å². The summed E-state index contributed by atoms with van der Waals surface area (Å²) >= 11 is 0. The Bertz CT molecular complexity index is 2230. The molecule has 0 bridgehead atoms. The van der Waals surface area contributed by atoms with Crippen molar-refractivity contribution in [3.05, 3.63) is 127 Å². The van der Waals surface area contributed by atoms with Crippen LogP contribution < -0.4 is 20.8 Å². The van der Waals surface area contributed by atoms with Crippen molar-refractivity contribution in [3.8, 4) is 28.3 Å². The Labute approximate surface area is 331 Å². The lowest BCUT2D eigenvalue weighted by Crippen LogP contribution is -2.49. The third kappa shape index (κ3) is 12.8. The topological polar surface area (TPSA) is 209 Å². The number of benzene rings is 3. The Morgan fingerprint density at radius 3 is 2.23 bits per heavy atom. The van der Waals surface area contributed by atoms with Gasteiger partial charge in [-0.3, -0.25) is 24.4 Å². The monoisotopic (exact) mass is 792 g/mol. The Kier molecular flexibility index (Phi) is 14.2. The van der Waals surface area contributed by atoms with Gasteiger partial charge in [-0.2, -0.15) is 13.5 Å². The summed E-state index contributed by atoms with van der Waals surface area (Å²) in [6.07, 6.45) is 4.03. The third-order valence-electron chi connectivity index (χ3n) is 8.82. The minimum absolute atomic E-state index is 0.0604. The van der Waals surface area contributed by atoms with Crippen LogP contribution in [-0.4, -0.2) is 71.2 Å². The number of pyridine rings is 2. The number of rotatable bonds is 19. The molecule has 57 heavy (non-hydrogen) atoms. The van der Waals surface area contributed by atoms with Crippen molar-refractivity contribution in [1.29, 1.82) is 0 Å². The van der Waals surface area contributed by atoms with Gasteiger partial charge >= 0.3 is 5.97 Å². The van der Waals surface area contributed by atoms with Gasteiger partial charge in [-0.15, -0.1) is 0 Å². The molecule has 0 radical (unpaired) electrons.